The number of carbonyl (C=O) groups is 1. The van der Waals surface area contributed by atoms with Gasteiger partial charge in [-0.1, -0.05) is 30.3 Å². The minimum Gasteiger partial charge on any atom is -0.368 e. The number of piperazine rings is 1. The van der Waals surface area contributed by atoms with Crippen molar-refractivity contribution in [1.82, 2.24) is 14.8 Å². The third-order valence-electron chi connectivity index (χ3n) is 6.11. The quantitative estimate of drug-likeness (QED) is 0.820. The number of amides is 1. The van der Waals surface area contributed by atoms with Gasteiger partial charge in [-0.3, -0.25) is 9.78 Å². The van der Waals surface area contributed by atoms with Crippen LogP contribution in [0.1, 0.15) is 28.8 Å². The van der Waals surface area contributed by atoms with E-state index < -0.39 is 0 Å². The summed E-state index contributed by atoms with van der Waals surface area (Å²) in [4.78, 5) is 24.0. The third-order valence-corrected chi connectivity index (χ3v) is 6.11. The smallest absolute Gasteiger partial charge is 0.255 e. The van der Waals surface area contributed by atoms with Gasteiger partial charge in [0.05, 0.1) is 17.4 Å². The van der Waals surface area contributed by atoms with Gasteiger partial charge in [0.2, 0.25) is 0 Å². The van der Waals surface area contributed by atoms with Crippen molar-refractivity contribution in [2.24, 2.45) is 5.92 Å². The summed E-state index contributed by atoms with van der Waals surface area (Å²) in [7, 11) is 2.15. The predicted molar refractivity (Wildman–Crippen MR) is 113 cm³/mol. The molecule has 28 heavy (non-hydrogen) atoms. The van der Waals surface area contributed by atoms with Crippen LogP contribution in [0.2, 0.25) is 0 Å². The molecule has 1 amide bonds. The Labute approximate surface area is 168 Å². The number of benzene rings is 1. The second-order valence-corrected chi connectivity index (χ2v) is 8.15. The van der Waals surface area contributed by atoms with Crippen LogP contribution in [0, 0.1) is 5.92 Å². The number of pyridine rings is 1. The van der Waals surface area contributed by atoms with Crippen LogP contribution in [0.3, 0.4) is 0 Å². The lowest BCUT2D eigenvalue weighted by Crippen LogP contribution is -2.44. The van der Waals surface area contributed by atoms with Crippen LogP contribution in [-0.4, -0.2) is 67.0 Å². The highest BCUT2D eigenvalue weighted by molar-refractivity contribution is 5.94. The Morgan fingerprint density at radius 2 is 1.71 bits per heavy atom. The molecular formula is C23H30N4O. The van der Waals surface area contributed by atoms with Gasteiger partial charge in [-0.05, 0) is 43.9 Å². The lowest BCUT2D eigenvalue weighted by Gasteiger charge is -2.34. The lowest BCUT2D eigenvalue weighted by atomic mass is 9.90. The largest absolute Gasteiger partial charge is 0.368 e. The molecule has 0 saturated carbocycles. The predicted octanol–water partition coefficient (Wildman–Crippen LogP) is 2.93. The van der Waals surface area contributed by atoms with Gasteiger partial charge in [-0.25, -0.2) is 0 Å². The highest BCUT2D eigenvalue weighted by Crippen LogP contribution is 2.24. The average molecular weight is 379 g/mol. The van der Waals surface area contributed by atoms with E-state index in [1.807, 2.05) is 17.2 Å². The first-order valence-corrected chi connectivity index (χ1v) is 10.4. The molecule has 0 radical (unpaired) electrons. The topological polar surface area (TPSA) is 39.7 Å². The first-order chi connectivity index (χ1) is 13.7. The van der Waals surface area contributed by atoms with Crippen molar-refractivity contribution >= 4 is 11.6 Å². The lowest BCUT2D eigenvalue weighted by molar-refractivity contribution is 0.0690. The maximum atomic E-state index is 13.0. The fourth-order valence-corrected chi connectivity index (χ4v) is 4.25. The molecule has 1 aromatic heterocycles. The molecule has 2 aliphatic heterocycles. The molecule has 2 saturated heterocycles. The Morgan fingerprint density at radius 1 is 1.00 bits per heavy atom. The summed E-state index contributed by atoms with van der Waals surface area (Å²) in [5.74, 6) is 0.794. The van der Waals surface area contributed by atoms with Crippen molar-refractivity contribution in [3.05, 3.63) is 59.9 Å². The van der Waals surface area contributed by atoms with Crippen LogP contribution >= 0.6 is 0 Å². The van der Waals surface area contributed by atoms with Gasteiger partial charge in [0.15, 0.2) is 0 Å². The SMILES string of the molecule is CN1CCN(c2cncc(C(=O)N3CCC(Cc4ccccc4)CC3)c2)CC1. The van der Waals surface area contributed by atoms with Gasteiger partial charge < -0.3 is 14.7 Å². The molecule has 2 fully saturated rings. The molecule has 4 rings (SSSR count). The number of anilines is 1. The normalized spacial score (nSPS) is 19.0. The summed E-state index contributed by atoms with van der Waals surface area (Å²) in [5.41, 5.74) is 3.19. The highest BCUT2D eigenvalue weighted by Gasteiger charge is 2.24. The summed E-state index contributed by atoms with van der Waals surface area (Å²) in [6.45, 7) is 5.76. The molecule has 3 heterocycles. The van der Waals surface area contributed by atoms with Crippen molar-refractivity contribution < 1.29 is 4.79 Å². The first-order valence-electron chi connectivity index (χ1n) is 10.4. The van der Waals surface area contributed by atoms with Crippen molar-refractivity contribution in [3.63, 3.8) is 0 Å². The molecule has 0 bridgehead atoms. The van der Waals surface area contributed by atoms with E-state index >= 15 is 0 Å². The van der Waals surface area contributed by atoms with Crippen molar-refractivity contribution in [2.45, 2.75) is 19.3 Å². The number of nitrogens with zero attached hydrogens (tertiary/aromatic N) is 4. The van der Waals surface area contributed by atoms with Gasteiger partial charge in [0.1, 0.15) is 0 Å². The number of aromatic nitrogens is 1. The number of carbonyl (C=O) groups excluding carboxylic acids is 1. The van der Waals surface area contributed by atoms with Gasteiger partial charge in [-0.2, -0.15) is 0 Å². The highest BCUT2D eigenvalue weighted by atomic mass is 16.2. The molecule has 0 spiro atoms. The van der Waals surface area contributed by atoms with Gasteiger partial charge in [-0.15, -0.1) is 0 Å². The molecule has 2 aromatic rings. The van der Waals surface area contributed by atoms with E-state index in [1.54, 1.807) is 6.20 Å². The standard InChI is InChI=1S/C23H30N4O/c1-25-11-13-26(14-12-25)22-16-21(17-24-18-22)23(28)27-9-7-20(8-10-27)15-19-5-3-2-4-6-19/h2-6,16-18,20H,7-15H2,1H3. The van der Waals surface area contributed by atoms with Gasteiger partial charge in [0, 0.05) is 45.5 Å². The Morgan fingerprint density at radius 3 is 2.43 bits per heavy atom. The number of likely N-dealkylation sites (tertiary alicyclic amines) is 1. The van der Waals surface area contributed by atoms with E-state index in [4.69, 9.17) is 0 Å². The Hall–Kier alpha value is -2.40. The second kappa shape index (κ2) is 8.74. The zero-order chi connectivity index (χ0) is 19.3. The number of hydrogen-bond donors (Lipinski definition) is 0. The van der Waals surface area contributed by atoms with E-state index in [0.717, 1.165) is 69.8 Å². The van der Waals surface area contributed by atoms with Crippen molar-refractivity contribution in [2.75, 3.05) is 51.2 Å². The summed E-state index contributed by atoms with van der Waals surface area (Å²) >= 11 is 0. The third kappa shape index (κ3) is 4.53. The van der Waals surface area contributed by atoms with Crippen LogP contribution in [0.5, 0.6) is 0 Å². The average Bonchev–Trinajstić information content (AvgIpc) is 2.75. The fraction of sp³-hybridized carbons (Fsp3) is 0.478. The number of hydrogen-bond acceptors (Lipinski definition) is 4. The molecule has 0 N–H and O–H groups in total. The first kappa shape index (κ1) is 18.9. The monoisotopic (exact) mass is 378 g/mol. The van der Waals surface area contributed by atoms with Crippen molar-refractivity contribution in [1.29, 1.82) is 0 Å². The van der Waals surface area contributed by atoms with Crippen molar-refractivity contribution in [3.8, 4) is 0 Å². The minimum absolute atomic E-state index is 0.127. The number of likely N-dealkylation sites (N-methyl/N-ethyl adjacent to an activating group) is 1. The van der Waals surface area contributed by atoms with E-state index in [0.29, 0.717) is 5.92 Å². The second-order valence-electron chi connectivity index (χ2n) is 8.15. The van der Waals surface area contributed by atoms with E-state index in [-0.39, 0.29) is 5.91 Å². The molecule has 0 unspecified atom stereocenters. The van der Waals surface area contributed by atoms with Crippen LogP contribution in [0.4, 0.5) is 5.69 Å². The Kier molecular flexibility index (Phi) is 5.91. The van der Waals surface area contributed by atoms with Crippen LogP contribution in [0.25, 0.3) is 0 Å². The summed E-state index contributed by atoms with van der Waals surface area (Å²) < 4.78 is 0. The molecule has 5 heteroatoms. The summed E-state index contributed by atoms with van der Waals surface area (Å²) in [6.07, 6.45) is 6.87. The van der Waals surface area contributed by atoms with E-state index in [2.05, 4.69) is 52.2 Å². The van der Waals surface area contributed by atoms with E-state index in [1.165, 1.54) is 5.56 Å². The van der Waals surface area contributed by atoms with Gasteiger partial charge >= 0.3 is 0 Å². The summed E-state index contributed by atoms with van der Waals surface area (Å²) in [6, 6.07) is 12.7. The maximum absolute atomic E-state index is 13.0. The maximum Gasteiger partial charge on any atom is 0.255 e. The molecule has 2 aliphatic rings. The Bertz CT molecular complexity index is 778. The minimum atomic E-state index is 0.127. The Balaban J connectivity index is 1.34. The van der Waals surface area contributed by atoms with Gasteiger partial charge in [0.25, 0.3) is 5.91 Å². The molecule has 0 atom stereocenters. The fourth-order valence-electron chi connectivity index (χ4n) is 4.25. The van der Waals surface area contributed by atoms with Crippen LogP contribution < -0.4 is 4.90 Å². The number of piperidine rings is 1. The zero-order valence-corrected chi connectivity index (χ0v) is 16.8. The summed E-state index contributed by atoms with van der Waals surface area (Å²) in [5, 5.41) is 0. The molecule has 1 aromatic carbocycles. The van der Waals surface area contributed by atoms with E-state index in [9.17, 15) is 4.79 Å². The zero-order valence-electron chi connectivity index (χ0n) is 16.8. The number of rotatable bonds is 4. The molecular weight excluding hydrogens is 348 g/mol. The molecule has 0 aliphatic carbocycles. The molecule has 5 nitrogen and oxygen atoms in total. The van der Waals surface area contributed by atoms with Crippen LogP contribution in [0.15, 0.2) is 48.8 Å². The van der Waals surface area contributed by atoms with Crippen LogP contribution in [-0.2, 0) is 6.42 Å². The molecule has 148 valence electrons.